The molecule has 3 saturated heterocycles. The van der Waals surface area contributed by atoms with Crippen molar-refractivity contribution >= 4 is 39.0 Å². The lowest BCUT2D eigenvalue weighted by Gasteiger charge is -2.59. The zero-order chi connectivity index (χ0) is 26.8. The molecule has 5 heterocycles. The maximum atomic E-state index is 13.9. The van der Waals surface area contributed by atoms with E-state index < -0.39 is 22.1 Å². The number of sulfonamides is 1. The van der Waals surface area contributed by atoms with Gasteiger partial charge in [0, 0.05) is 55.6 Å². The smallest absolute Gasteiger partial charge is 0.232 e. The van der Waals surface area contributed by atoms with E-state index in [1.54, 1.807) is 0 Å². The molecule has 5 atom stereocenters. The Morgan fingerprint density at radius 3 is 2.58 bits per heavy atom. The summed E-state index contributed by atoms with van der Waals surface area (Å²) in [6.07, 6.45) is 6.63. The monoisotopic (exact) mass is 584 g/mol. The molecule has 38 heavy (non-hydrogen) atoms. The van der Waals surface area contributed by atoms with Crippen LogP contribution >= 0.6 is 23.2 Å². The van der Waals surface area contributed by atoms with Crippen molar-refractivity contribution in [2.24, 2.45) is 11.3 Å². The van der Waals surface area contributed by atoms with E-state index in [0.29, 0.717) is 35.6 Å². The standard InChI is InChI=1S/C25H31Cl2FN6O3S/c1-14(21-18(26)9-30-24(28)22(21)27)37-16-4-5-19-17(7-16)23(32-31-19)15-3-6-20(29-8-15)33-10-25(11-33)12-34(13-25)38(2,35)36/h3,6,8-9,14,16-17,19,23,31-32H,4-5,7,10-13H2,1-2H3/t14-,16?,17?,19?,23?/m0/s1. The highest BCUT2D eigenvalue weighted by molar-refractivity contribution is 7.88. The quantitative estimate of drug-likeness (QED) is 0.498. The van der Waals surface area contributed by atoms with Crippen molar-refractivity contribution in [1.29, 1.82) is 0 Å². The number of hydrazine groups is 1. The number of halogens is 3. The van der Waals surface area contributed by atoms with Gasteiger partial charge in [0.2, 0.25) is 16.0 Å². The van der Waals surface area contributed by atoms with Gasteiger partial charge in [-0.2, -0.15) is 4.39 Å². The van der Waals surface area contributed by atoms with Crippen LogP contribution in [0.2, 0.25) is 10.0 Å². The SMILES string of the molecule is C[C@H](OC1CCC2NNC(c3ccc(N4CC5(C4)CN(S(C)(=O)=O)C5)nc3)C2C1)c1c(Cl)cnc(F)c1Cl. The van der Waals surface area contributed by atoms with Crippen molar-refractivity contribution < 1.29 is 17.5 Å². The van der Waals surface area contributed by atoms with Crippen LogP contribution in [0, 0.1) is 17.3 Å². The number of aromatic nitrogens is 2. The third-order valence-electron chi connectivity index (χ3n) is 8.47. The normalized spacial score (nSPS) is 29.6. The van der Waals surface area contributed by atoms with Crippen LogP contribution in [0.25, 0.3) is 0 Å². The lowest BCUT2D eigenvalue weighted by atomic mass is 9.74. The minimum absolute atomic E-state index is 0.0164. The Kier molecular flexibility index (Phi) is 6.86. The van der Waals surface area contributed by atoms with Crippen LogP contribution in [-0.4, -0.2) is 67.3 Å². The Labute approximate surface area is 232 Å². The molecule has 0 radical (unpaired) electrons. The number of hydrogen-bond donors (Lipinski definition) is 2. The molecule has 1 saturated carbocycles. The van der Waals surface area contributed by atoms with E-state index in [4.69, 9.17) is 32.9 Å². The molecule has 9 nitrogen and oxygen atoms in total. The van der Waals surface area contributed by atoms with Gasteiger partial charge in [-0.15, -0.1) is 0 Å². The van der Waals surface area contributed by atoms with Crippen LogP contribution in [0.15, 0.2) is 24.5 Å². The lowest BCUT2D eigenvalue weighted by Crippen LogP contribution is -2.73. The first-order chi connectivity index (χ1) is 18.0. The van der Waals surface area contributed by atoms with E-state index in [-0.39, 0.29) is 22.6 Å². The molecule has 2 N–H and O–H groups in total. The van der Waals surface area contributed by atoms with Crippen molar-refractivity contribution in [3.63, 3.8) is 0 Å². The molecule has 4 fully saturated rings. The van der Waals surface area contributed by atoms with Gasteiger partial charge in [0.05, 0.1) is 29.5 Å². The van der Waals surface area contributed by atoms with Crippen LogP contribution in [-0.2, 0) is 14.8 Å². The minimum atomic E-state index is -3.10. The summed E-state index contributed by atoms with van der Waals surface area (Å²) >= 11 is 12.4. The lowest BCUT2D eigenvalue weighted by molar-refractivity contribution is -0.0371. The molecule has 4 unspecified atom stereocenters. The summed E-state index contributed by atoms with van der Waals surface area (Å²) in [6, 6.07) is 4.58. The largest absolute Gasteiger partial charge is 0.370 e. The molecule has 6 rings (SSSR count). The maximum absolute atomic E-state index is 13.9. The Morgan fingerprint density at radius 1 is 1.13 bits per heavy atom. The molecule has 4 aliphatic rings. The van der Waals surface area contributed by atoms with Crippen LogP contribution in [0.3, 0.4) is 0 Å². The Morgan fingerprint density at radius 2 is 1.89 bits per heavy atom. The molecular weight excluding hydrogens is 554 g/mol. The molecule has 0 aromatic carbocycles. The topological polar surface area (TPSA) is 99.7 Å². The highest BCUT2D eigenvalue weighted by Gasteiger charge is 2.54. The van der Waals surface area contributed by atoms with Gasteiger partial charge >= 0.3 is 0 Å². The minimum Gasteiger partial charge on any atom is -0.370 e. The fraction of sp³-hybridized carbons (Fsp3) is 0.600. The summed E-state index contributed by atoms with van der Waals surface area (Å²) < 4.78 is 45.2. The average Bonchev–Trinajstić information content (AvgIpc) is 3.23. The van der Waals surface area contributed by atoms with E-state index in [1.165, 1.54) is 16.8 Å². The number of fused-ring (bicyclic) bond motifs is 1. The molecule has 0 amide bonds. The third kappa shape index (κ3) is 4.80. The Hall–Kier alpha value is -1.60. The molecule has 2 aromatic rings. The predicted octanol–water partition coefficient (Wildman–Crippen LogP) is 3.47. The molecule has 0 bridgehead atoms. The van der Waals surface area contributed by atoms with Crippen LogP contribution in [0.5, 0.6) is 0 Å². The fourth-order valence-electron chi connectivity index (χ4n) is 6.49. The van der Waals surface area contributed by atoms with Crippen molar-refractivity contribution in [3.05, 3.63) is 51.6 Å². The molecule has 1 spiro atoms. The van der Waals surface area contributed by atoms with E-state index in [2.05, 4.69) is 26.8 Å². The summed E-state index contributed by atoms with van der Waals surface area (Å²) in [5, 5.41) is 0.203. The number of pyridine rings is 2. The number of hydrogen-bond acceptors (Lipinski definition) is 8. The molecule has 1 aliphatic carbocycles. The fourth-order valence-corrected chi connectivity index (χ4v) is 8.15. The summed E-state index contributed by atoms with van der Waals surface area (Å²) in [5.41, 5.74) is 8.50. The van der Waals surface area contributed by atoms with Gasteiger partial charge in [-0.05, 0) is 43.7 Å². The second-order valence-corrected chi connectivity index (χ2v) is 14.0. The zero-order valence-corrected chi connectivity index (χ0v) is 23.5. The third-order valence-corrected chi connectivity index (χ3v) is 10.3. The summed E-state index contributed by atoms with van der Waals surface area (Å²) in [6.45, 7) is 4.68. The van der Waals surface area contributed by atoms with Gasteiger partial charge < -0.3 is 9.64 Å². The van der Waals surface area contributed by atoms with Gasteiger partial charge in [0.1, 0.15) is 10.8 Å². The first-order valence-corrected chi connectivity index (χ1v) is 15.5. The van der Waals surface area contributed by atoms with Gasteiger partial charge in [0.25, 0.3) is 0 Å². The highest BCUT2D eigenvalue weighted by Crippen LogP contribution is 2.44. The predicted molar refractivity (Wildman–Crippen MR) is 143 cm³/mol. The number of nitrogens with one attached hydrogen (secondary N) is 2. The summed E-state index contributed by atoms with van der Waals surface area (Å²) in [7, 11) is -3.10. The van der Waals surface area contributed by atoms with E-state index in [1.807, 2.05) is 19.2 Å². The highest BCUT2D eigenvalue weighted by atomic mass is 35.5. The van der Waals surface area contributed by atoms with E-state index >= 15 is 0 Å². The van der Waals surface area contributed by atoms with Crippen molar-refractivity contribution in [2.45, 2.75) is 50.5 Å². The van der Waals surface area contributed by atoms with Gasteiger partial charge in [0.15, 0.2) is 0 Å². The molecule has 3 aliphatic heterocycles. The number of anilines is 1. The maximum Gasteiger partial charge on any atom is 0.232 e. The molecule has 206 valence electrons. The number of ether oxygens (including phenoxy) is 1. The van der Waals surface area contributed by atoms with E-state index in [0.717, 1.165) is 43.7 Å². The van der Waals surface area contributed by atoms with Crippen LogP contribution < -0.4 is 15.8 Å². The first kappa shape index (κ1) is 26.6. The Bertz CT molecular complexity index is 1320. The van der Waals surface area contributed by atoms with Gasteiger partial charge in [-0.3, -0.25) is 5.43 Å². The zero-order valence-electron chi connectivity index (χ0n) is 21.2. The second kappa shape index (κ2) is 9.79. The van der Waals surface area contributed by atoms with Crippen LogP contribution in [0.4, 0.5) is 10.2 Å². The van der Waals surface area contributed by atoms with Crippen molar-refractivity contribution in [2.75, 3.05) is 37.3 Å². The van der Waals surface area contributed by atoms with Crippen molar-refractivity contribution in [1.82, 2.24) is 25.1 Å². The molecule has 13 heteroatoms. The average molecular weight is 586 g/mol. The van der Waals surface area contributed by atoms with Gasteiger partial charge in [-0.25, -0.2) is 28.1 Å². The van der Waals surface area contributed by atoms with E-state index in [9.17, 15) is 12.8 Å². The van der Waals surface area contributed by atoms with Crippen LogP contribution in [0.1, 0.15) is 49.5 Å². The molecular formula is C25H31Cl2FN6O3S. The number of rotatable bonds is 6. The Balaban J connectivity index is 1.07. The summed E-state index contributed by atoms with van der Waals surface area (Å²) in [5.74, 6) is 0.469. The second-order valence-electron chi connectivity index (χ2n) is 11.2. The number of nitrogens with zero attached hydrogens (tertiary/aromatic N) is 4. The first-order valence-electron chi connectivity index (χ1n) is 12.8. The van der Waals surface area contributed by atoms with Gasteiger partial charge in [-0.1, -0.05) is 29.3 Å². The summed E-state index contributed by atoms with van der Waals surface area (Å²) in [4.78, 5) is 10.5. The molecule has 2 aromatic heterocycles. The van der Waals surface area contributed by atoms with Crippen molar-refractivity contribution in [3.8, 4) is 0 Å².